The zero-order valence-corrected chi connectivity index (χ0v) is 11.5. The van der Waals surface area contributed by atoms with Crippen molar-refractivity contribution < 1.29 is 9.53 Å². The van der Waals surface area contributed by atoms with Crippen LogP contribution in [0.3, 0.4) is 0 Å². The van der Waals surface area contributed by atoms with E-state index >= 15 is 0 Å². The highest BCUT2D eigenvalue weighted by Gasteiger charge is 2.02. The van der Waals surface area contributed by atoms with Crippen LogP contribution in [0.15, 0.2) is 12.4 Å². The number of ether oxygens (including phenoxy) is 1. The molecule has 0 spiro atoms. The zero-order valence-electron chi connectivity index (χ0n) is 11.5. The molecule has 0 bridgehead atoms. The normalized spacial score (nSPS) is 10.9. The van der Waals surface area contributed by atoms with E-state index in [1.54, 1.807) is 10.9 Å². The molecule has 0 aliphatic carbocycles. The number of carbonyl (C=O) groups excluding carboxylic acids is 1. The SMILES string of the molecule is Cc1cnn(CCC(=O)NCCCOC(C)C)c1. The lowest BCUT2D eigenvalue weighted by molar-refractivity contribution is -0.121. The molecule has 0 unspecified atom stereocenters. The monoisotopic (exact) mass is 253 g/mol. The number of carbonyl (C=O) groups is 1. The molecule has 5 heteroatoms. The molecular weight excluding hydrogens is 230 g/mol. The van der Waals surface area contributed by atoms with E-state index in [-0.39, 0.29) is 12.0 Å². The predicted octanol–water partition coefficient (Wildman–Crippen LogP) is 1.51. The Morgan fingerprint density at radius 3 is 2.94 bits per heavy atom. The fraction of sp³-hybridized carbons (Fsp3) is 0.692. The maximum atomic E-state index is 11.5. The number of aryl methyl sites for hydroxylation is 2. The molecule has 0 aromatic carbocycles. The molecule has 1 aromatic heterocycles. The summed E-state index contributed by atoms with van der Waals surface area (Å²) in [6.07, 6.45) is 5.30. The molecule has 1 N–H and O–H groups in total. The van der Waals surface area contributed by atoms with E-state index < -0.39 is 0 Å². The average Bonchev–Trinajstić information content (AvgIpc) is 2.71. The van der Waals surface area contributed by atoms with E-state index in [1.807, 2.05) is 27.0 Å². The average molecular weight is 253 g/mol. The second-order valence-electron chi connectivity index (χ2n) is 4.65. The number of nitrogens with zero attached hydrogens (tertiary/aromatic N) is 2. The molecule has 1 rings (SSSR count). The fourth-order valence-corrected chi connectivity index (χ4v) is 1.51. The van der Waals surface area contributed by atoms with Crippen molar-refractivity contribution in [1.29, 1.82) is 0 Å². The van der Waals surface area contributed by atoms with E-state index in [1.165, 1.54) is 0 Å². The first-order chi connectivity index (χ1) is 8.58. The van der Waals surface area contributed by atoms with Crippen molar-refractivity contribution in [2.75, 3.05) is 13.2 Å². The van der Waals surface area contributed by atoms with Gasteiger partial charge in [-0.05, 0) is 32.8 Å². The first kappa shape index (κ1) is 14.7. The maximum Gasteiger partial charge on any atom is 0.221 e. The largest absolute Gasteiger partial charge is 0.379 e. The smallest absolute Gasteiger partial charge is 0.221 e. The minimum atomic E-state index is 0.0627. The van der Waals surface area contributed by atoms with Crippen molar-refractivity contribution in [3.8, 4) is 0 Å². The summed E-state index contributed by atoms with van der Waals surface area (Å²) in [5.41, 5.74) is 1.11. The number of nitrogens with one attached hydrogen (secondary N) is 1. The van der Waals surface area contributed by atoms with Crippen molar-refractivity contribution >= 4 is 5.91 Å². The van der Waals surface area contributed by atoms with E-state index in [2.05, 4.69) is 10.4 Å². The highest BCUT2D eigenvalue weighted by molar-refractivity contribution is 5.75. The van der Waals surface area contributed by atoms with Gasteiger partial charge in [0.15, 0.2) is 0 Å². The van der Waals surface area contributed by atoms with Gasteiger partial charge in [0.1, 0.15) is 0 Å². The minimum absolute atomic E-state index is 0.0627. The molecule has 0 saturated heterocycles. The van der Waals surface area contributed by atoms with Gasteiger partial charge in [0.2, 0.25) is 5.91 Å². The third-order valence-corrected chi connectivity index (χ3v) is 2.42. The molecule has 5 nitrogen and oxygen atoms in total. The molecule has 1 amide bonds. The van der Waals surface area contributed by atoms with Crippen molar-refractivity contribution in [3.63, 3.8) is 0 Å². The van der Waals surface area contributed by atoms with Crippen LogP contribution in [0, 0.1) is 6.92 Å². The molecular formula is C13H23N3O2. The summed E-state index contributed by atoms with van der Waals surface area (Å²) in [7, 11) is 0. The summed E-state index contributed by atoms with van der Waals surface area (Å²) in [6, 6.07) is 0. The lowest BCUT2D eigenvalue weighted by Crippen LogP contribution is -2.26. The van der Waals surface area contributed by atoms with Crippen LogP contribution in [0.1, 0.15) is 32.3 Å². The lowest BCUT2D eigenvalue weighted by atomic mass is 10.3. The van der Waals surface area contributed by atoms with Gasteiger partial charge in [0.05, 0.1) is 12.3 Å². The van der Waals surface area contributed by atoms with E-state index in [0.29, 0.717) is 26.1 Å². The highest BCUT2D eigenvalue weighted by atomic mass is 16.5. The van der Waals surface area contributed by atoms with Gasteiger partial charge < -0.3 is 10.1 Å². The van der Waals surface area contributed by atoms with Crippen LogP contribution < -0.4 is 5.32 Å². The van der Waals surface area contributed by atoms with Crippen LogP contribution in [0.4, 0.5) is 0 Å². The lowest BCUT2D eigenvalue weighted by Gasteiger charge is -2.08. The van der Waals surface area contributed by atoms with Crippen molar-refractivity contribution in [2.45, 2.75) is 46.3 Å². The van der Waals surface area contributed by atoms with Gasteiger partial charge in [0, 0.05) is 32.3 Å². The van der Waals surface area contributed by atoms with Crippen LogP contribution in [-0.2, 0) is 16.1 Å². The van der Waals surface area contributed by atoms with Gasteiger partial charge in [-0.25, -0.2) is 0 Å². The molecule has 0 fully saturated rings. The Labute approximate surface area is 109 Å². The Bertz CT molecular complexity index is 361. The van der Waals surface area contributed by atoms with Crippen LogP contribution >= 0.6 is 0 Å². The van der Waals surface area contributed by atoms with Crippen LogP contribution in [0.2, 0.25) is 0 Å². The summed E-state index contributed by atoms with van der Waals surface area (Å²) >= 11 is 0. The Kier molecular flexibility index (Phi) is 6.43. The molecule has 1 heterocycles. The Morgan fingerprint density at radius 1 is 1.56 bits per heavy atom. The van der Waals surface area contributed by atoms with Crippen LogP contribution in [0.5, 0.6) is 0 Å². The van der Waals surface area contributed by atoms with E-state index in [4.69, 9.17) is 4.74 Å². The number of rotatable bonds is 8. The Balaban J connectivity index is 2.04. The van der Waals surface area contributed by atoms with Gasteiger partial charge in [-0.15, -0.1) is 0 Å². The first-order valence-corrected chi connectivity index (χ1v) is 6.45. The molecule has 0 saturated carbocycles. The molecule has 0 aliphatic heterocycles. The van der Waals surface area contributed by atoms with Gasteiger partial charge in [0.25, 0.3) is 0 Å². The fourth-order valence-electron chi connectivity index (χ4n) is 1.51. The quantitative estimate of drug-likeness (QED) is 0.715. The first-order valence-electron chi connectivity index (χ1n) is 6.45. The van der Waals surface area contributed by atoms with Gasteiger partial charge in [-0.2, -0.15) is 5.10 Å². The topological polar surface area (TPSA) is 56.2 Å². The number of hydrogen-bond acceptors (Lipinski definition) is 3. The molecule has 0 radical (unpaired) electrons. The van der Waals surface area contributed by atoms with E-state index in [9.17, 15) is 4.79 Å². The highest BCUT2D eigenvalue weighted by Crippen LogP contribution is 1.96. The predicted molar refractivity (Wildman–Crippen MR) is 70.3 cm³/mol. The molecule has 1 aromatic rings. The van der Waals surface area contributed by atoms with Gasteiger partial charge >= 0.3 is 0 Å². The molecule has 0 atom stereocenters. The van der Waals surface area contributed by atoms with Crippen molar-refractivity contribution in [3.05, 3.63) is 18.0 Å². The molecule has 0 aliphatic rings. The second-order valence-corrected chi connectivity index (χ2v) is 4.65. The van der Waals surface area contributed by atoms with Crippen molar-refractivity contribution in [2.24, 2.45) is 0 Å². The third kappa shape index (κ3) is 6.39. The third-order valence-electron chi connectivity index (χ3n) is 2.42. The number of amides is 1. The summed E-state index contributed by atoms with van der Waals surface area (Å²) in [4.78, 5) is 11.5. The second kappa shape index (κ2) is 7.87. The summed E-state index contributed by atoms with van der Waals surface area (Å²) in [6.45, 7) is 7.98. The van der Waals surface area contributed by atoms with E-state index in [0.717, 1.165) is 12.0 Å². The van der Waals surface area contributed by atoms with Gasteiger partial charge in [-0.3, -0.25) is 9.48 Å². The Morgan fingerprint density at radius 2 is 2.33 bits per heavy atom. The summed E-state index contributed by atoms with van der Waals surface area (Å²) in [5.74, 6) is 0.0627. The maximum absolute atomic E-state index is 11.5. The van der Waals surface area contributed by atoms with Crippen LogP contribution in [-0.4, -0.2) is 34.9 Å². The van der Waals surface area contributed by atoms with Gasteiger partial charge in [-0.1, -0.05) is 0 Å². The standard InChI is InChI=1S/C13H23N3O2/c1-11(2)18-8-4-6-14-13(17)5-7-16-10-12(3)9-15-16/h9-11H,4-8H2,1-3H3,(H,14,17). The minimum Gasteiger partial charge on any atom is -0.379 e. The van der Waals surface area contributed by atoms with Crippen LogP contribution in [0.25, 0.3) is 0 Å². The Hall–Kier alpha value is -1.36. The zero-order chi connectivity index (χ0) is 13.4. The summed E-state index contributed by atoms with van der Waals surface area (Å²) in [5, 5.41) is 7.01. The molecule has 102 valence electrons. The molecule has 18 heavy (non-hydrogen) atoms. The number of hydrogen-bond donors (Lipinski definition) is 1. The van der Waals surface area contributed by atoms with Crippen molar-refractivity contribution in [1.82, 2.24) is 15.1 Å². The number of aromatic nitrogens is 2. The summed E-state index contributed by atoms with van der Waals surface area (Å²) < 4.78 is 7.18.